The summed E-state index contributed by atoms with van der Waals surface area (Å²) in [7, 11) is 0. The first kappa shape index (κ1) is 14.6. The van der Waals surface area contributed by atoms with Crippen molar-refractivity contribution in [2.24, 2.45) is 0 Å². The van der Waals surface area contributed by atoms with Gasteiger partial charge in [-0.05, 0) is 32.4 Å². The van der Waals surface area contributed by atoms with Gasteiger partial charge in [-0.2, -0.15) is 0 Å². The second kappa shape index (κ2) is 6.54. The van der Waals surface area contributed by atoms with Crippen molar-refractivity contribution in [3.05, 3.63) is 35.6 Å². The molecule has 0 spiro atoms. The molecule has 1 unspecified atom stereocenters. The molecule has 1 aromatic heterocycles. The van der Waals surface area contributed by atoms with E-state index < -0.39 is 5.97 Å². The van der Waals surface area contributed by atoms with Gasteiger partial charge < -0.3 is 19.9 Å². The van der Waals surface area contributed by atoms with Gasteiger partial charge in [0, 0.05) is 17.5 Å². The van der Waals surface area contributed by atoms with Crippen molar-refractivity contribution in [3.63, 3.8) is 0 Å². The fourth-order valence-corrected chi connectivity index (χ4v) is 2.18. The Bertz CT molecular complexity index is 589. The van der Waals surface area contributed by atoms with Gasteiger partial charge in [0.05, 0.1) is 6.10 Å². The van der Waals surface area contributed by atoms with Crippen LogP contribution in [-0.4, -0.2) is 28.8 Å². The monoisotopic (exact) mass is 277 g/mol. The smallest absolute Gasteiger partial charge is 0.372 e. The highest BCUT2D eigenvalue weighted by molar-refractivity contribution is 5.95. The number of para-hydroxylation sites is 1. The van der Waals surface area contributed by atoms with Crippen LogP contribution in [0, 0.1) is 0 Å². The molecule has 0 radical (unpaired) electrons. The van der Waals surface area contributed by atoms with E-state index in [0.717, 1.165) is 24.8 Å². The van der Waals surface area contributed by atoms with Crippen molar-refractivity contribution >= 4 is 16.9 Å². The molecule has 1 atom stereocenters. The van der Waals surface area contributed by atoms with Crippen LogP contribution in [0.25, 0.3) is 11.0 Å². The molecular formula is C15H19NO4. The summed E-state index contributed by atoms with van der Waals surface area (Å²) in [4.78, 5) is 11.2. The Morgan fingerprint density at radius 1 is 1.40 bits per heavy atom. The molecule has 0 aliphatic carbocycles. The lowest BCUT2D eigenvalue weighted by atomic mass is 10.1. The summed E-state index contributed by atoms with van der Waals surface area (Å²) in [5, 5.41) is 22.4. The van der Waals surface area contributed by atoms with E-state index in [4.69, 9.17) is 4.42 Å². The van der Waals surface area contributed by atoms with Gasteiger partial charge >= 0.3 is 5.97 Å². The largest absolute Gasteiger partial charge is 0.475 e. The maximum atomic E-state index is 11.2. The molecule has 1 heterocycles. The quantitative estimate of drug-likeness (QED) is 0.677. The summed E-state index contributed by atoms with van der Waals surface area (Å²) >= 11 is 0. The molecule has 2 aromatic rings. The summed E-state index contributed by atoms with van der Waals surface area (Å²) in [6.07, 6.45) is 1.27. The van der Waals surface area contributed by atoms with E-state index in [1.807, 2.05) is 18.2 Å². The third-order valence-corrected chi connectivity index (χ3v) is 3.17. The normalized spacial score (nSPS) is 12.7. The number of aliphatic hydroxyl groups excluding tert-OH is 1. The second-order valence-electron chi connectivity index (χ2n) is 4.88. The molecule has 0 fully saturated rings. The number of furan rings is 1. The van der Waals surface area contributed by atoms with Crippen LogP contribution < -0.4 is 5.32 Å². The standard InChI is InChI=1S/C15H19NO4/c1-10(17)5-4-8-16-9-12-11-6-2-3-7-13(11)20-14(12)15(18)19/h2-3,6-7,10,16-17H,4-5,8-9H2,1H3,(H,18,19). The number of aliphatic hydroxyl groups is 1. The molecule has 3 N–H and O–H groups in total. The zero-order chi connectivity index (χ0) is 14.5. The number of aromatic carboxylic acids is 1. The number of benzene rings is 1. The summed E-state index contributed by atoms with van der Waals surface area (Å²) in [5.41, 5.74) is 1.26. The lowest BCUT2D eigenvalue weighted by molar-refractivity contribution is 0.0663. The minimum atomic E-state index is -1.05. The number of hydrogen-bond donors (Lipinski definition) is 3. The molecule has 0 aliphatic rings. The van der Waals surface area contributed by atoms with Crippen LogP contribution in [0.4, 0.5) is 0 Å². The van der Waals surface area contributed by atoms with E-state index in [1.54, 1.807) is 13.0 Å². The molecule has 0 aliphatic heterocycles. The Hall–Kier alpha value is -1.85. The number of fused-ring (bicyclic) bond motifs is 1. The highest BCUT2D eigenvalue weighted by Gasteiger charge is 2.18. The van der Waals surface area contributed by atoms with Crippen LogP contribution in [0.3, 0.4) is 0 Å². The van der Waals surface area contributed by atoms with Crippen LogP contribution >= 0.6 is 0 Å². The lowest BCUT2D eigenvalue weighted by Gasteiger charge is -2.06. The number of carboxylic acids is 1. The minimum absolute atomic E-state index is 0.00535. The van der Waals surface area contributed by atoms with Crippen molar-refractivity contribution in [2.75, 3.05) is 6.54 Å². The van der Waals surface area contributed by atoms with E-state index in [1.165, 1.54) is 0 Å². The first-order chi connectivity index (χ1) is 9.59. The summed E-state index contributed by atoms with van der Waals surface area (Å²) in [6, 6.07) is 7.30. The van der Waals surface area contributed by atoms with Gasteiger partial charge in [0.25, 0.3) is 0 Å². The van der Waals surface area contributed by atoms with E-state index in [0.29, 0.717) is 17.7 Å². The molecule has 108 valence electrons. The fraction of sp³-hybridized carbons (Fsp3) is 0.400. The van der Waals surface area contributed by atoms with E-state index in [9.17, 15) is 15.0 Å². The Labute approximate surface area is 117 Å². The summed E-state index contributed by atoms with van der Waals surface area (Å²) in [6.45, 7) is 2.92. The van der Waals surface area contributed by atoms with Crippen LogP contribution in [0.2, 0.25) is 0 Å². The predicted octanol–water partition coefficient (Wildman–Crippen LogP) is 2.38. The molecule has 0 saturated carbocycles. The van der Waals surface area contributed by atoms with Gasteiger partial charge in [-0.25, -0.2) is 4.79 Å². The van der Waals surface area contributed by atoms with E-state index >= 15 is 0 Å². The van der Waals surface area contributed by atoms with Gasteiger partial charge in [-0.15, -0.1) is 0 Å². The fourth-order valence-electron chi connectivity index (χ4n) is 2.18. The molecule has 0 saturated heterocycles. The average Bonchev–Trinajstić information content (AvgIpc) is 2.77. The van der Waals surface area contributed by atoms with Crippen molar-refractivity contribution in [1.29, 1.82) is 0 Å². The Balaban J connectivity index is 2.08. The summed E-state index contributed by atoms with van der Waals surface area (Å²) in [5.74, 6) is -1.06. The predicted molar refractivity (Wildman–Crippen MR) is 75.8 cm³/mol. The van der Waals surface area contributed by atoms with Gasteiger partial charge in [0.15, 0.2) is 0 Å². The zero-order valence-electron chi connectivity index (χ0n) is 11.4. The molecular weight excluding hydrogens is 258 g/mol. The highest BCUT2D eigenvalue weighted by Crippen LogP contribution is 2.25. The Morgan fingerprint density at radius 2 is 2.15 bits per heavy atom. The molecule has 5 nitrogen and oxygen atoms in total. The number of hydrogen-bond acceptors (Lipinski definition) is 4. The number of carbonyl (C=O) groups is 1. The Morgan fingerprint density at radius 3 is 2.85 bits per heavy atom. The van der Waals surface area contributed by atoms with Crippen molar-refractivity contribution in [3.8, 4) is 0 Å². The average molecular weight is 277 g/mol. The van der Waals surface area contributed by atoms with Gasteiger partial charge in [0.1, 0.15) is 5.58 Å². The molecule has 0 amide bonds. The molecule has 1 aromatic carbocycles. The Kier molecular flexibility index (Phi) is 4.76. The highest BCUT2D eigenvalue weighted by atomic mass is 16.4. The van der Waals surface area contributed by atoms with Crippen LogP contribution in [0.5, 0.6) is 0 Å². The molecule has 20 heavy (non-hydrogen) atoms. The van der Waals surface area contributed by atoms with Gasteiger partial charge in [-0.1, -0.05) is 18.2 Å². The first-order valence-electron chi connectivity index (χ1n) is 6.72. The van der Waals surface area contributed by atoms with Gasteiger partial charge in [0.2, 0.25) is 5.76 Å². The third kappa shape index (κ3) is 3.37. The van der Waals surface area contributed by atoms with Crippen LogP contribution in [0.15, 0.2) is 28.7 Å². The zero-order valence-corrected chi connectivity index (χ0v) is 11.4. The third-order valence-electron chi connectivity index (χ3n) is 3.17. The van der Waals surface area contributed by atoms with Crippen molar-refractivity contribution < 1.29 is 19.4 Å². The maximum Gasteiger partial charge on any atom is 0.372 e. The maximum absolute atomic E-state index is 11.2. The van der Waals surface area contributed by atoms with E-state index in [-0.39, 0.29) is 11.9 Å². The number of rotatable bonds is 7. The molecule has 5 heteroatoms. The number of carboxylic acid groups (broad SMARTS) is 1. The minimum Gasteiger partial charge on any atom is -0.475 e. The van der Waals surface area contributed by atoms with Gasteiger partial charge in [-0.3, -0.25) is 0 Å². The SMILES string of the molecule is CC(O)CCCNCc1c(C(=O)O)oc2ccccc12. The first-order valence-corrected chi connectivity index (χ1v) is 6.72. The topological polar surface area (TPSA) is 82.7 Å². The van der Waals surface area contributed by atoms with Crippen molar-refractivity contribution in [2.45, 2.75) is 32.4 Å². The van der Waals surface area contributed by atoms with Crippen LogP contribution in [-0.2, 0) is 6.54 Å². The molecule has 0 bridgehead atoms. The number of nitrogens with one attached hydrogen (secondary N) is 1. The second-order valence-corrected chi connectivity index (χ2v) is 4.88. The van der Waals surface area contributed by atoms with E-state index in [2.05, 4.69) is 5.32 Å². The lowest BCUT2D eigenvalue weighted by Crippen LogP contribution is -2.17. The van der Waals surface area contributed by atoms with Crippen LogP contribution in [0.1, 0.15) is 35.9 Å². The summed E-state index contributed by atoms with van der Waals surface area (Å²) < 4.78 is 5.38. The van der Waals surface area contributed by atoms with Crippen molar-refractivity contribution in [1.82, 2.24) is 5.32 Å². The molecule has 2 rings (SSSR count).